The van der Waals surface area contributed by atoms with Crippen molar-refractivity contribution in [2.45, 2.75) is 58.3 Å². The quantitative estimate of drug-likeness (QED) is 0.273. The highest BCUT2D eigenvalue weighted by Gasteiger charge is 2.39. The van der Waals surface area contributed by atoms with E-state index in [-0.39, 0.29) is 23.2 Å². The molecular weight excluding hydrogens is 502 g/mol. The first-order valence-electron chi connectivity index (χ1n) is 12.9. The second kappa shape index (κ2) is 10.3. The molecular formula is C31H30ClNO5. The number of halogens is 1. The predicted molar refractivity (Wildman–Crippen MR) is 146 cm³/mol. The molecule has 1 aromatic heterocycles. The second-order valence-electron chi connectivity index (χ2n) is 10.0. The Kier molecular flexibility index (Phi) is 7.01. The molecule has 6 nitrogen and oxygen atoms in total. The molecule has 3 aromatic rings. The molecule has 38 heavy (non-hydrogen) atoms. The van der Waals surface area contributed by atoms with Crippen molar-refractivity contribution in [3.8, 4) is 0 Å². The first-order chi connectivity index (χ1) is 18.2. The molecule has 2 atom stereocenters. The van der Waals surface area contributed by atoms with Gasteiger partial charge in [-0.1, -0.05) is 31.5 Å². The fraction of sp³-hybridized carbons (Fsp3) is 0.323. The van der Waals surface area contributed by atoms with Crippen LogP contribution in [0.1, 0.15) is 85.5 Å². The summed E-state index contributed by atoms with van der Waals surface area (Å²) in [6, 6.07) is 12.4. The molecule has 0 bridgehead atoms. The van der Waals surface area contributed by atoms with Crippen molar-refractivity contribution in [2.24, 2.45) is 0 Å². The fourth-order valence-corrected chi connectivity index (χ4v) is 5.64. The molecule has 0 saturated heterocycles. The molecule has 2 aliphatic rings. The minimum Gasteiger partial charge on any atom is -0.466 e. The molecule has 2 heterocycles. The molecule has 0 spiro atoms. The van der Waals surface area contributed by atoms with E-state index >= 15 is 0 Å². The number of carbonyl (C=O) groups is 3. The highest BCUT2D eigenvalue weighted by atomic mass is 35.5. The van der Waals surface area contributed by atoms with E-state index in [1.165, 1.54) is 7.11 Å². The van der Waals surface area contributed by atoms with Crippen LogP contribution in [-0.2, 0) is 14.3 Å². The molecule has 7 heteroatoms. The predicted octanol–water partition coefficient (Wildman–Crippen LogP) is 6.97. The van der Waals surface area contributed by atoms with Gasteiger partial charge in [0.1, 0.15) is 5.58 Å². The van der Waals surface area contributed by atoms with Gasteiger partial charge in [-0.2, -0.15) is 0 Å². The van der Waals surface area contributed by atoms with E-state index < -0.39 is 11.9 Å². The van der Waals surface area contributed by atoms with Gasteiger partial charge in [0.15, 0.2) is 11.5 Å². The lowest BCUT2D eigenvalue weighted by Gasteiger charge is -2.34. The topological polar surface area (TPSA) is 85.6 Å². The Hall–Kier alpha value is -3.64. The third kappa shape index (κ3) is 4.47. The average Bonchev–Trinajstić information content (AvgIpc) is 3.35. The molecule has 2 unspecified atom stereocenters. The number of Topliss-reactive ketones (excluding diaryl/α,β-unsaturated/α-hetero) is 1. The van der Waals surface area contributed by atoms with Crippen LogP contribution in [0.4, 0.5) is 0 Å². The number of hydrogen-bond acceptors (Lipinski definition) is 6. The van der Waals surface area contributed by atoms with Gasteiger partial charge in [0.2, 0.25) is 5.78 Å². The molecule has 1 aliphatic carbocycles. The van der Waals surface area contributed by atoms with Gasteiger partial charge < -0.3 is 14.5 Å². The van der Waals surface area contributed by atoms with Crippen molar-refractivity contribution in [3.63, 3.8) is 0 Å². The van der Waals surface area contributed by atoms with E-state index in [0.717, 1.165) is 41.5 Å². The first kappa shape index (κ1) is 26.0. The number of esters is 1. The van der Waals surface area contributed by atoms with E-state index in [2.05, 4.69) is 19.2 Å². The van der Waals surface area contributed by atoms with Crippen molar-refractivity contribution in [1.82, 2.24) is 5.32 Å². The van der Waals surface area contributed by atoms with Crippen LogP contribution in [0.15, 0.2) is 69.4 Å². The van der Waals surface area contributed by atoms with Gasteiger partial charge in [-0.05, 0) is 79.6 Å². The lowest BCUT2D eigenvalue weighted by Crippen LogP contribution is -2.34. The van der Waals surface area contributed by atoms with Crippen LogP contribution in [0, 0.1) is 0 Å². The van der Waals surface area contributed by atoms with Crippen LogP contribution in [0.5, 0.6) is 0 Å². The number of allylic oxidation sites excluding steroid dienone is 3. The highest BCUT2D eigenvalue weighted by Crippen LogP contribution is 2.45. The third-order valence-corrected chi connectivity index (χ3v) is 7.91. The summed E-state index contributed by atoms with van der Waals surface area (Å²) in [5.41, 5.74) is 5.46. The minimum absolute atomic E-state index is 0.0358. The van der Waals surface area contributed by atoms with Gasteiger partial charge >= 0.3 is 5.97 Å². The number of methoxy groups -OCH3 is 1. The number of hydrogen-bond donors (Lipinski definition) is 1. The van der Waals surface area contributed by atoms with Gasteiger partial charge in [0.05, 0.1) is 12.7 Å². The van der Waals surface area contributed by atoms with Crippen molar-refractivity contribution < 1.29 is 23.5 Å². The number of ether oxygens (including phenoxy) is 1. The Bertz CT molecular complexity index is 1530. The lowest BCUT2D eigenvalue weighted by atomic mass is 9.74. The lowest BCUT2D eigenvalue weighted by molar-refractivity contribution is -0.136. The number of fused-ring (bicyclic) bond motifs is 1. The summed E-state index contributed by atoms with van der Waals surface area (Å²) in [7, 11) is 1.35. The van der Waals surface area contributed by atoms with Crippen LogP contribution in [0.3, 0.4) is 0 Å². The Morgan fingerprint density at radius 1 is 1.16 bits per heavy atom. The van der Waals surface area contributed by atoms with E-state index in [4.69, 9.17) is 20.8 Å². The summed E-state index contributed by atoms with van der Waals surface area (Å²) in [5.74, 6) is -0.901. The summed E-state index contributed by atoms with van der Waals surface area (Å²) in [6.45, 7) is 6.03. The minimum atomic E-state index is -0.566. The van der Waals surface area contributed by atoms with Crippen LogP contribution >= 0.6 is 11.6 Å². The smallest absolute Gasteiger partial charge is 0.336 e. The van der Waals surface area contributed by atoms with Gasteiger partial charge in [-0.15, -0.1) is 0 Å². The maximum absolute atomic E-state index is 13.3. The molecule has 1 aliphatic heterocycles. The molecule has 0 amide bonds. The summed E-state index contributed by atoms with van der Waals surface area (Å²) < 4.78 is 11.3. The number of nitrogens with one attached hydrogen (secondary N) is 1. The maximum atomic E-state index is 13.3. The van der Waals surface area contributed by atoms with Crippen LogP contribution < -0.4 is 5.32 Å². The van der Waals surface area contributed by atoms with Gasteiger partial charge in [-0.25, -0.2) is 4.79 Å². The van der Waals surface area contributed by atoms with Crippen LogP contribution in [-0.4, -0.2) is 24.6 Å². The number of dihydropyridines is 1. The van der Waals surface area contributed by atoms with E-state index in [0.29, 0.717) is 39.4 Å². The van der Waals surface area contributed by atoms with Crippen molar-refractivity contribution in [1.29, 1.82) is 0 Å². The third-order valence-electron chi connectivity index (χ3n) is 7.66. The van der Waals surface area contributed by atoms with Crippen molar-refractivity contribution in [2.75, 3.05) is 7.11 Å². The number of ketones is 2. The number of furan rings is 1. The number of benzene rings is 2. The molecule has 0 radical (unpaired) electrons. The Balaban J connectivity index is 1.71. The maximum Gasteiger partial charge on any atom is 0.336 e. The number of carbonyl (C=O) groups excluding carboxylic acids is 3. The Morgan fingerprint density at radius 2 is 1.89 bits per heavy atom. The summed E-state index contributed by atoms with van der Waals surface area (Å²) in [4.78, 5) is 39.5. The van der Waals surface area contributed by atoms with Gasteiger partial charge in [0, 0.05) is 45.3 Å². The highest BCUT2D eigenvalue weighted by molar-refractivity contribution is 6.30. The zero-order valence-corrected chi connectivity index (χ0v) is 22.7. The van der Waals surface area contributed by atoms with Crippen molar-refractivity contribution in [3.05, 3.63) is 92.5 Å². The molecule has 2 aromatic carbocycles. The van der Waals surface area contributed by atoms with Crippen LogP contribution in [0.2, 0.25) is 5.02 Å². The molecule has 1 N–H and O–H groups in total. The monoisotopic (exact) mass is 531 g/mol. The normalized spacial score (nSPS) is 18.3. The van der Waals surface area contributed by atoms with Crippen molar-refractivity contribution >= 4 is 40.1 Å². The van der Waals surface area contributed by atoms with Crippen LogP contribution in [0.25, 0.3) is 11.0 Å². The Morgan fingerprint density at radius 3 is 2.58 bits per heavy atom. The van der Waals surface area contributed by atoms with Gasteiger partial charge in [0.25, 0.3) is 0 Å². The molecule has 5 rings (SSSR count). The number of rotatable bonds is 6. The molecule has 0 fully saturated rings. The fourth-order valence-electron chi connectivity index (χ4n) is 5.51. The SMILES string of the molecule is CCC(C)c1cc(C2C(C(=O)OC)=C(C)NC3=C2C(=O)CCC3)cc2cc(C(=O)c3ccc(Cl)cc3)oc12. The Labute approximate surface area is 226 Å². The zero-order chi connectivity index (χ0) is 27.1. The largest absolute Gasteiger partial charge is 0.466 e. The standard InChI is InChI=1S/C31H30ClNO5/c1-5-16(2)22-14-19(13-20-15-25(38-30(20)22)29(35)18-9-11-21(32)12-10-18)27-26(31(36)37-4)17(3)33-23-7-6-8-24(34)28(23)27/h9-16,27,33H,5-8H2,1-4H3. The first-order valence-corrected chi connectivity index (χ1v) is 13.3. The second-order valence-corrected chi connectivity index (χ2v) is 10.5. The zero-order valence-electron chi connectivity index (χ0n) is 21.9. The molecule has 196 valence electrons. The average molecular weight is 532 g/mol. The molecule has 0 saturated carbocycles. The van der Waals surface area contributed by atoms with Gasteiger partial charge in [-0.3, -0.25) is 9.59 Å². The summed E-state index contributed by atoms with van der Waals surface area (Å²) in [5, 5.41) is 4.61. The van der Waals surface area contributed by atoms with E-state index in [1.807, 2.05) is 19.1 Å². The summed E-state index contributed by atoms with van der Waals surface area (Å²) in [6.07, 6.45) is 2.80. The van der Waals surface area contributed by atoms with E-state index in [9.17, 15) is 14.4 Å². The summed E-state index contributed by atoms with van der Waals surface area (Å²) >= 11 is 6.00. The van der Waals surface area contributed by atoms with E-state index in [1.54, 1.807) is 30.3 Å².